The summed E-state index contributed by atoms with van der Waals surface area (Å²) in [5.74, 6) is -0.941. The molecule has 0 aromatic heterocycles. The number of urea groups is 1. The smallest absolute Gasteiger partial charge is 0.335 e. The Morgan fingerprint density at radius 2 is 2.06 bits per heavy atom. The largest absolute Gasteiger partial charge is 0.478 e. The Morgan fingerprint density at radius 1 is 1.35 bits per heavy atom. The zero-order valence-electron chi connectivity index (χ0n) is 9.56. The third-order valence-electron chi connectivity index (χ3n) is 2.79. The monoisotopic (exact) mass is 234 g/mol. The van der Waals surface area contributed by atoms with Gasteiger partial charge >= 0.3 is 12.0 Å². The summed E-state index contributed by atoms with van der Waals surface area (Å²) in [6.45, 7) is 3.47. The first-order chi connectivity index (χ1) is 8.11. The molecule has 0 aliphatic carbocycles. The Bertz CT molecular complexity index is 471. The van der Waals surface area contributed by atoms with Crippen molar-refractivity contribution in [3.63, 3.8) is 0 Å². The van der Waals surface area contributed by atoms with Crippen molar-refractivity contribution in [2.45, 2.75) is 20.0 Å². The Kier molecular flexibility index (Phi) is 2.99. The number of carbonyl (C=O) groups is 2. The summed E-state index contributed by atoms with van der Waals surface area (Å²) in [6, 6.07) is 4.87. The van der Waals surface area contributed by atoms with Crippen LogP contribution in [0.2, 0.25) is 0 Å². The molecule has 1 aromatic carbocycles. The summed E-state index contributed by atoms with van der Waals surface area (Å²) in [6.07, 6.45) is 0. The Balaban J connectivity index is 2.16. The number of nitrogens with one attached hydrogen (secondary N) is 1. The van der Waals surface area contributed by atoms with E-state index in [1.807, 2.05) is 6.92 Å². The van der Waals surface area contributed by atoms with Gasteiger partial charge in [-0.2, -0.15) is 0 Å². The van der Waals surface area contributed by atoms with Crippen molar-refractivity contribution < 1.29 is 14.7 Å². The molecule has 2 rings (SSSR count). The van der Waals surface area contributed by atoms with Crippen LogP contribution in [0.15, 0.2) is 18.2 Å². The van der Waals surface area contributed by atoms with E-state index in [2.05, 4.69) is 5.32 Å². The molecule has 0 saturated carbocycles. The van der Waals surface area contributed by atoms with E-state index in [1.54, 1.807) is 23.1 Å². The molecule has 0 unspecified atom stereocenters. The number of carboxylic acid groups (broad SMARTS) is 1. The van der Waals surface area contributed by atoms with E-state index in [1.165, 1.54) is 0 Å². The number of rotatable bonds is 2. The van der Waals surface area contributed by atoms with E-state index in [-0.39, 0.29) is 11.6 Å². The van der Waals surface area contributed by atoms with Gasteiger partial charge < -0.3 is 15.3 Å². The number of amides is 2. The van der Waals surface area contributed by atoms with Crippen molar-refractivity contribution in [2.24, 2.45) is 0 Å². The van der Waals surface area contributed by atoms with Crippen LogP contribution in [0.4, 0.5) is 4.79 Å². The summed E-state index contributed by atoms with van der Waals surface area (Å²) in [5.41, 5.74) is 2.19. The number of carbonyl (C=O) groups excluding carboxylic acids is 1. The second-order valence-corrected chi connectivity index (χ2v) is 3.98. The molecule has 1 aromatic rings. The number of carboxylic acids is 1. The molecule has 1 aliphatic rings. The van der Waals surface area contributed by atoms with E-state index in [9.17, 15) is 9.59 Å². The normalized spacial score (nSPS) is 13.4. The first-order valence-corrected chi connectivity index (χ1v) is 5.49. The maximum Gasteiger partial charge on any atom is 0.335 e. The van der Waals surface area contributed by atoms with Gasteiger partial charge in [-0.25, -0.2) is 9.59 Å². The van der Waals surface area contributed by atoms with Crippen LogP contribution >= 0.6 is 0 Å². The van der Waals surface area contributed by atoms with E-state index in [0.717, 1.165) is 11.1 Å². The number of fused-ring (bicyclic) bond motifs is 1. The molecule has 0 atom stereocenters. The van der Waals surface area contributed by atoms with Gasteiger partial charge in [-0.05, 0) is 30.2 Å². The van der Waals surface area contributed by atoms with Crippen molar-refractivity contribution in [1.82, 2.24) is 10.2 Å². The third kappa shape index (κ3) is 2.22. The molecule has 2 N–H and O–H groups in total. The highest BCUT2D eigenvalue weighted by molar-refractivity contribution is 5.88. The molecule has 17 heavy (non-hydrogen) atoms. The van der Waals surface area contributed by atoms with E-state index in [0.29, 0.717) is 19.6 Å². The van der Waals surface area contributed by atoms with Crippen LogP contribution in [0, 0.1) is 0 Å². The minimum absolute atomic E-state index is 0.111. The van der Waals surface area contributed by atoms with Gasteiger partial charge in [0, 0.05) is 19.6 Å². The van der Waals surface area contributed by atoms with Crippen LogP contribution in [0.3, 0.4) is 0 Å². The summed E-state index contributed by atoms with van der Waals surface area (Å²) in [7, 11) is 0. The van der Waals surface area contributed by atoms with Crippen molar-refractivity contribution in [1.29, 1.82) is 0 Å². The highest BCUT2D eigenvalue weighted by Crippen LogP contribution is 2.23. The third-order valence-corrected chi connectivity index (χ3v) is 2.79. The molecular formula is C12H14N2O3. The number of hydrogen-bond acceptors (Lipinski definition) is 2. The molecule has 0 saturated heterocycles. The van der Waals surface area contributed by atoms with Crippen molar-refractivity contribution in [3.05, 3.63) is 34.9 Å². The highest BCUT2D eigenvalue weighted by atomic mass is 16.4. The van der Waals surface area contributed by atoms with Crippen LogP contribution < -0.4 is 5.32 Å². The van der Waals surface area contributed by atoms with Gasteiger partial charge in [-0.1, -0.05) is 6.07 Å². The van der Waals surface area contributed by atoms with Gasteiger partial charge in [-0.3, -0.25) is 0 Å². The van der Waals surface area contributed by atoms with Crippen molar-refractivity contribution >= 4 is 12.0 Å². The highest BCUT2D eigenvalue weighted by Gasteiger charge is 2.23. The average Bonchev–Trinajstić information content (AvgIpc) is 2.71. The van der Waals surface area contributed by atoms with Crippen LogP contribution in [-0.4, -0.2) is 28.6 Å². The standard InChI is InChI=1S/C12H14N2O3/c1-2-13-12(17)14-6-9-4-3-8(11(15)16)5-10(9)7-14/h3-5H,2,6-7H2,1H3,(H,13,17)(H,15,16). The quantitative estimate of drug-likeness (QED) is 0.813. The maximum absolute atomic E-state index is 11.6. The topological polar surface area (TPSA) is 69.6 Å². The second kappa shape index (κ2) is 4.45. The fourth-order valence-corrected chi connectivity index (χ4v) is 1.93. The first kappa shape index (κ1) is 11.4. The zero-order chi connectivity index (χ0) is 12.4. The maximum atomic E-state index is 11.6. The summed E-state index contributed by atoms with van der Waals surface area (Å²) in [4.78, 5) is 24.1. The molecular weight excluding hydrogens is 220 g/mol. The first-order valence-electron chi connectivity index (χ1n) is 5.49. The van der Waals surface area contributed by atoms with Gasteiger partial charge in [0.05, 0.1) is 5.56 Å². The lowest BCUT2D eigenvalue weighted by Gasteiger charge is -2.15. The predicted molar refractivity (Wildman–Crippen MR) is 61.7 cm³/mol. The number of hydrogen-bond donors (Lipinski definition) is 2. The molecule has 90 valence electrons. The van der Waals surface area contributed by atoms with E-state index in [4.69, 9.17) is 5.11 Å². The summed E-state index contributed by atoms with van der Waals surface area (Å²) >= 11 is 0. The predicted octanol–water partition coefficient (Wildman–Crippen LogP) is 1.43. The molecule has 0 spiro atoms. The second-order valence-electron chi connectivity index (χ2n) is 3.98. The van der Waals surface area contributed by atoms with Gasteiger partial charge in [0.25, 0.3) is 0 Å². The molecule has 0 radical (unpaired) electrons. The molecule has 2 amide bonds. The van der Waals surface area contributed by atoms with Crippen molar-refractivity contribution in [2.75, 3.05) is 6.54 Å². The number of benzene rings is 1. The minimum atomic E-state index is -0.941. The van der Waals surface area contributed by atoms with E-state index >= 15 is 0 Å². The van der Waals surface area contributed by atoms with Crippen LogP contribution in [0.1, 0.15) is 28.4 Å². The minimum Gasteiger partial charge on any atom is -0.478 e. The fourth-order valence-electron chi connectivity index (χ4n) is 1.93. The Morgan fingerprint density at radius 3 is 2.71 bits per heavy atom. The number of aromatic carboxylic acids is 1. The van der Waals surface area contributed by atoms with Crippen molar-refractivity contribution in [3.8, 4) is 0 Å². The Hall–Kier alpha value is -2.04. The average molecular weight is 234 g/mol. The lowest BCUT2D eigenvalue weighted by molar-refractivity contribution is 0.0696. The van der Waals surface area contributed by atoms with Gasteiger partial charge in [0.15, 0.2) is 0 Å². The molecule has 0 fully saturated rings. The SMILES string of the molecule is CCNC(=O)N1Cc2ccc(C(=O)O)cc2C1. The Labute approximate surface area is 99.0 Å². The van der Waals surface area contributed by atoms with Gasteiger partial charge in [-0.15, -0.1) is 0 Å². The van der Waals surface area contributed by atoms with E-state index < -0.39 is 5.97 Å². The zero-order valence-corrected chi connectivity index (χ0v) is 9.56. The van der Waals surface area contributed by atoms with Gasteiger partial charge in [0.2, 0.25) is 0 Å². The molecule has 0 bridgehead atoms. The number of nitrogens with zero attached hydrogens (tertiary/aromatic N) is 1. The lowest BCUT2D eigenvalue weighted by Crippen LogP contribution is -2.36. The molecule has 1 aliphatic heterocycles. The molecule has 1 heterocycles. The molecule has 5 nitrogen and oxygen atoms in total. The lowest BCUT2D eigenvalue weighted by atomic mass is 10.1. The van der Waals surface area contributed by atoms with Crippen LogP contribution in [0.25, 0.3) is 0 Å². The molecule has 5 heteroatoms. The summed E-state index contributed by atoms with van der Waals surface area (Å²) in [5, 5.41) is 11.6. The van der Waals surface area contributed by atoms with Crippen LogP contribution in [-0.2, 0) is 13.1 Å². The fraction of sp³-hybridized carbons (Fsp3) is 0.333. The summed E-state index contributed by atoms with van der Waals surface area (Å²) < 4.78 is 0. The van der Waals surface area contributed by atoms with Crippen LogP contribution in [0.5, 0.6) is 0 Å². The van der Waals surface area contributed by atoms with Gasteiger partial charge in [0.1, 0.15) is 0 Å².